The number of halogens is 2. The quantitative estimate of drug-likeness (QED) is 0.600. The number of carbonyl (C=O) groups excluding carboxylic acids is 1. The van der Waals surface area contributed by atoms with Crippen LogP contribution in [-0.4, -0.2) is 5.91 Å². The number of rotatable bonds is 4. The van der Waals surface area contributed by atoms with Gasteiger partial charge < -0.3 is 10.7 Å². The molecule has 0 atom stereocenters. The van der Waals surface area contributed by atoms with Gasteiger partial charge in [-0.25, -0.2) is 4.39 Å². The molecule has 0 saturated carbocycles. The minimum atomic E-state index is -0.581. The number of hydrogen-bond acceptors (Lipinski definition) is 3. The summed E-state index contributed by atoms with van der Waals surface area (Å²) in [5.41, 5.74) is 3.16. The zero-order valence-electron chi connectivity index (χ0n) is 10.5. The Balaban J connectivity index is 2.11. The molecular formula is C14H13ClFN3O. The number of nitrogens with two attached hydrogens (primary N) is 1. The van der Waals surface area contributed by atoms with Gasteiger partial charge in [-0.15, -0.1) is 0 Å². The molecule has 20 heavy (non-hydrogen) atoms. The van der Waals surface area contributed by atoms with E-state index in [9.17, 15) is 9.18 Å². The van der Waals surface area contributed by atoms with E-state index in [2.05, 4.69) is 10.7 Å². The van der Waals surface area contributed by atoms with Crippen LogP contribution in [0, 0.1) is 5.82 Å². The fourth-order valence-electron chi connectivity index (χ4n) is 1.78. The van der Waals surface area contributed by atoms with Gasteiger partial charge in [0, 0.05) is 11.6 Å². The molecule has 0 unspecified atom stereocenters. The van der Waals surface area contributed by atoms with Crippen LogP contribution in [0.3, 0.4) is 0 Å². The smallest absolute Gasteiger partial charge is 0.253 e. The average molecular weight is 294 g/mol. The molecule has 0 aliphatic heterocycles. The van der Waals surface area contributed by atoms with E-state index in [4.69, 9.17) is 17.4 Å². The summed E-state index contributed by atoms with van der Waals surface area (Å²) in [6.45, 7) is 0.292. The lowest BCUT2D eigenvalue weighted by molar-refractivity contribution is 0.0951. The Hall–Kier alpha value is -2.11. The molecule has 4 nitrogen and oxygen atoms in total. The molecule has 2 aromatic rings. The first kappa shape index (κ1) is 14.3. The van der Waals surface area contributed by atoms with Gasteiger partial charge in [-0.05, 0) is 29.8 Å². The lowest BCUT2D eigenvalue weighted by Crippen LogP contribution is -2.25. The summed E-state index contributed by atoms with van der Waals surface area (Å²) in [5.74, 6) is 4.23. The molecule has 0 aliphatic rings. The largest absolute Gasteiger partial charge is 0.348 e. The Morgan fingerprint density at radius 1 is 1.25 bits per heavy atom. The van der Waals surface area contributed by atoms with Crippen LogP contribution in [0.4, 0.5) is 10.1 Å². The Morgan fingerprint density at radius 2 is 2.00 bits per heavy atom. The molecule has 0 radical (unpaired) electrons. The minimum Gasteiger partial charge on any atom is -0.348 e. The van der Waals surface area contributed by atoms with Crippen LogP contribution in [0.15, 0.2) is 42.5 Å². The first-order valence-electron chi connectivity index (χ1n) is 5.89. The fourth-order valence-corrected chi connectivity index (χ4v) is 2.00. The first-order valence-corrected chi connectivity index (χ1v) is 6.27. The number of nitrogen functional groups attached to an aromatic ring is 1. The van der Waals surface area contributed by atoms with Crippen LogP contribution < -0.4 is 16.6 Å². The lowest BCUT2D eigenvalue weighted by atomic mass is 10.1. The van der Waals surface area contributed by atoms with Crippen LogP contribution in [0.1, 0.15) is 15.9 Å². The van der Waals surface area contributed by atoms with Crippen molar-refractivity contribution in [2.75, 3.05) is 5.43 Å². The topological polar surface area (TPSA) is 67.1 Å². The van der Waals surface area contributed by atoms with E-state index in [1.54, 1.807) is 18.2 Å². The third kappa shape index (κ3) is 3.26. The van der Waals surface area contributed by atoms with Gasteiger partial charge in [0.25, 0.3) is 5.91 Å². The number of anilines is 1. The van der Waals surface area contributed by atoms with E-state index in [0.717, 1.165) is 5.56 Å². The number of para-hydroxylation sites is 1. The SMILES string of the molecule is NNc1c(F)cccc1C(=O)NCc1cccc(Cl)c1. The fraction of sp³-hybridized carbons (Fsp3) is 0.0714. The van der Waals surface area contributed by atoms with Crippen LogP contribution in [0.5, 0.6) is 0 Å². The second-order valence-corrected chi connectivity index (χ2v) is 4.56. The number of amides is 1. The number of nitrogens with one attached hydrogen (secondary N) is 2. The van der Waals surface area contributed by atoms with E-state index in [1.807, 2.05) is 6.07 Å². The summed E-state index contributed by atoms with van der Waals surface area (Å²) in [6, 6.07) is 11.3. The van der Waals surface area contributed by atoms with Gasteiger partial charge in [-0.2, -0.15) is 0 Å². The molecule has 0 spiro atoms. The second-order valence-electron chi connectivity index (χ2n) is 4.12. The molecule has 0 fully saturated rings. The van der Waals surface area contributed by atoms with Crippen molar-refractivity contribution in [2.24, 2.45) is 5.84 Å². The van der Waals surface area contributed by atoms with E-state index in [1.165, 1.54) is 18.2 Å². The lowest BCUT2D eigenvalue weighted by Gasteiger charge is -2.10. The monoisotopic (exact) mass is 293 g/mol. The molecule has 0 aliphatic carbocycles. The maximum Gasteiger partial charge on any atom is 0.253 e. The van der Waals surface area contributed by atoms with Gasteiger partial charge in [0.05, 0.1) is 11.3 Å². The van der Waals surface area contributed by atoms with Crippen molar-refractivity contribution < 1.29 is 9.18 Å². The predicted octanol–water partition coefficient (Wildman–Crippen LogP) is 2.69. The third-order valence-electron chi connectivity index (χ3n) is 2.74. The predicted molar refractivity (Wildman–Crippen MR) is 76.8 cm³/mol. The van der Waals surface area contributed by atoms with Crippen molar-refractivity contribution in [3.8, 4) is 0 Å². The van der Waals surface area contributed by atoms with Crippen molar-refractivity contribution in [1.29, 1.82) is 0 Å². The molecule has 2 rings (SSSR count). The molecule has 0 bridgehead atoms. The number of hydrogen-bond donors (Lipinski definition) is 3. The standard InChI is InChI=1S/C14H13ClFN3O/c15-10-4-1-3-9(7-10)8-18-14(20)11-5-2-6-12(16)13(11)19-17/h1-7,19H,8,17H2,(H,18,20). The highest BCUT2D eigenvalue weighted by atomic mass is 35.5. The highest BCUT2D eigenvalue weighted by Crippen LogP contribution is 2.18. The Bertz CT molecular complexity index is 634. The molecule has 6 heteroatoms. The molecule has 0 heterocycles. The summed E-state index contributed by atoms with van der Waals surface area (Å²) >= 11 is 5.86. The van der Waals surface area contributed by atoms with Crippen LogP contribution in [0.25, 0.3) is 0 Å². The van der Waals surface area contributed by atoms with Crippen molar-refractivity contribution in [3.05, 3.63) is 64.4 Å². The van der Waals surface area contributed by atoms with Gasteiger partial charge in [-0.3, -0.25) is 10.6 Å². The van der Waals surface area contributed by atoms with Gasteiger partial charge in [0.15, 0.2) is 0 Å². The first-order chi connectivity index (χ1) is 9.61. The molecule has 0 aromatic heterocycles. The zero-order chi connectivity index (χ0) is 14.5. The van der Waals surface area contributed by atoms with E-state index < -0.39 is 11.7 Å². The highest BCUT2D eigenvalue weighted by molar-refractivity contribution is 6.30. The number of carbonyl (C=O) groups is 1. The molecule has 0 saturated heterocycles. The summed E-state index contributed by atoms with van der Waals surface area (Å²) in [7, 11) is 0. The van der Waals surface area contributed by atoms with E-state index >= 15 is 0 Å². The Morgan fingerprint density at radius 3 is 2.70 bits per heavy atom. The summed E-state index contributed by atoms with van der Waals surface area (Å²) in [4.78, 5) is 12.0. The molecule has 2 aromatic carbocycles. The van der Waals surface area contributed by atoms with Crippen molar-refractivity contribution in [1.82, 2.24) is 5.32 Å². The van der Waals surface area contributed by atoms with Crippen LogP contribution in [-0.2, 0) is 6.54 Å². The average Bonchev–Trinajstić information content (AvgIpc) is 2.44. The van der Waals surface area contributed by atoms with Crippen LogP contribution >= 0.6 is 11.6 Å². The van der Waals surface area contributed by atoms with E-state index in [0.29, 0.717) is 11.6 Å². The maximum atomic E-state index is 13.5. The Kier molecular flexibility index (Phi) is 4.55. The molecule has 4 N–H and O–H groups in total. The highest BCUT2D eigenvalue weighted by Gasteiger charge is 2.13. The van der Waals surface area contributed by atoms with Gasteiger partial charge in [0.2, 0.25) is 0 Å². The maximum absolute atomic E-state index is 13.5. The molecular weight excluding hydrogens is 281 g/mol. The second kappa shape index (κ2) is 6.36. The van der Waals surface area contributed by atoms with Gasteiger partial charge in [-0.1, -0.05) is 29.8 Å². The number of hydrazine groups is 1. The van der Waals surface area contributed by atoms with Crippen molar-refractivity contribution in [3.63, 3.8) is 0 Å². The summed E-state index contributed by atoms with van der Waals surface area (Å²) in [6.07, 6.45) is 0. The van der Waals surface area contributed by atoms with Crippen molar-refractivity contribution >= 4 is 23.2 Å². The number of benzene rings is 2. The summed E-state index contributed by atoms with van der Waals surface area (Å²) in [5, 5.41) is 3.27. The zero-order valence-corrected chi connectivity index (χ0v) is 11.2. The Labute approximate surface area is 120 Å². The molecule has 1 amide bonds. The molecule has 104 valence electrons. The normalized spacial score (nSPS) is 10.2. The van der Waals surface area contributed by atoms with E-state index in [-0.39, 0.29) is 11.3 Å². The van der Waals surface area contributed by atoms with Crippen molar-refractivity contribution in [2.45, 2.75) is 6.54 Å². The van der Waals surface area contributed by atoms with Gasteiger partial charge >= 0.3 is 0 Å². The van der Waals surface area contributed by atoms with Gasteiger partial charge in [0.1, 0.15) is 5.82 Å². The summed E-state index contributed by atoms with van der Waals surface area (Å²) < 4.78 is 13.5. The minimum absolute atomic E-state index is 0.0314. The van der Waals surface area contributed by atoms with Crippen LogP contribution in [0.2, 0.25) is 5.02 Å². The third-order valence-corrected chi connectivity index (χ3v) is 2.98.